The van der Waals surface area contributed by atoms with E-state index in [0.717, 1.165) is 29.5 Å². The van der Waals surface area contributed by atoms with E-state index in [1.807, 2.05) is 104 Å². The first-order valence-electron chi connectivity index (χ1n) is 14.7. The predicted octanol–water partition coefficient (Wildman–Crippen LogP) is 6.22. The summed E-state index contributed by atoms with van der Waals surface area (Å²) in [5, 5.41) is 10.9. The van der Waals surface area contributed by atoms with Gasteiger partial charge in [0, 0.05) is 5.92 Å². The summed E-state index contributed by atoms with van der Waals surface area (Å²) in [5.74, 6) is 0.0307. The molecule has 1 N–H and O–H groups in total. The first-order valence-corrected chi connectivity index (χ1v) is 14.7. The molecule has 2 aliphatic rings. The van der Waals surface area contributed by atoms with E-state index in [-0.39, 0.29) is 12.0 Å². The van der Waals surface area contributed by atoms with E-state index < -0.39 is 36.8 Å². The van der Waals surface area contributed by atoms with Crippen LogP contribution in [0.25, 0.3) is 0 Å². The molecule has 218 valence electrons. The Morgan fingerprint density at radius 2 is 1.20 bits per heavy atom. The number of ether oxygens (including phenoxy) is 5. The van der Waals surface area contributed by atoms with Gasteiger partial charge < -0.3 is 28.8 Å². The lowest BCUT2D eigenvalue weighted by molar-refractivity contribution is -0.337. The van der Waals surface area contributed by atoms with Gasteiger partial charge in [0.05, 0.1) is 38.1 Å². The number of benzene rings is 3. The molecule has 0 aromatic heterocycles. The van der Waals surface area contributed by atoms with Crippen molar-refractivity contribution in [2.24, 2.45) is 5.92 Å². The van der Waals surface area contributed by atoms with Gasteiger partial charge in [-0.2, -0.15) is 0 Å². The van der Waals surface area contributed by atoms with Gasteiger partial charge in [-0.1, -0.05) is 103 Å². The van der Waals surface area contributed by atoms with Crippen LogP contribution in [-0.2, 0) is 43.5 Å². The summed E-state index contributed by atoms with van der Waals surface area (Å²) in [4.78, 5) is 0. The quantitative estimate of drug-likeness (QED) is 0.266. The molecule has 41 heavy (non-hydrogen) atoms. The molecular formula is C35H42O6. The second-order valence-electron chi connectivity index (χ2n) is 11.0. The van der Waals surface area contributed by atoms with Crippen molar-refractivity contribution in [2.45, 2.75) is 88.9 Å². The van der Waals surface area contributed by atoms with Crippen LogP contribution in [-0.4, -0.2) is 48.0 Å². The van der Waals surface area contributed by atoms with Crippen molar-refractivity contribution < 1.29 is 28.8 Å². The monoisotopic (exact) mass is 558 g/mol. The van der Waals surface area contributed by atoms with Gasteiger partial charge in [-0.05, 0) is 36.5 Å². The normalized spacial score (nSPS) is 30.1. The van der Waals surface area contributed by atoms with Gasteiger partial charge in [-0.3, -0.25) is 0 Å². The van der Waals surface area contributed by atoms with Gasteiger partial charge in [0.25, 0.3) is 0 Å². The van der Waals surface area contributed by atoms with Crippen LogP contribution in [0.1, 0.15) is 42.9 Å². The Morgan fingerprint density at radius 3 is 1.71 bits per heavy atom. The van der Waals surface area contributed by atoms with Crippen LogP contribution in [0.5, 0.6) is 0 Å². The number of aliphatic hydroxyl groups is 1. The van der Waals surface area contributed by atoms with E-state index in [4.69, 9.17) is 23.7 Å². The van der Waals surface area contributed by atoms with Crippen molar-refractivity contribution in [3.8, 4) is 0 Å². The van der Waals surface area contributed by atoms with Crippen LogP contribution >= 0.6 is 0 Å². The molecule has 1 aliphatic heterocycles. The van der Waals surface area contributed by atoms with E-state index in [0.29, 0.717) is 26.2 Å². The molecule has 0 unspecified atom stereocenters. The number of rotatable bonds is 12. The number of hydrogen-bond donors (Lipinski definition) is 1. The van der Waals surface area contributed by atoms with Crippen LogP contribution in [0.15, 0.2) is 104 Å². The Kier molecular flexibility index (Phi) is 10.8. The highest BCUT2D eigenvalue weighted by Crippen LogP contribution is 2.35. The summed E-state index contributed by atoms with van der Waals surface area (Å²) in [6.45, 7) is 7.16. The molecule has 5 rings (SSSR count). The lowest BCUT2D eigenvalue weighted by Gasteiger charge is -2.47. The summed E-state index contributed by atoms with van der Waals surface area (Å²) >= 11 is 0. The fourth-order valence-electron chi connectivity index (χ4n) is 5.75. The first kappa shape index (κ1) is 29.6. The average Bonchev–Trinajstić information content (AvgIpc) is 3.01. The van der Waals surface area contributed by atoms with Gasteiger partial charge in [0.15, 0.2) is 6.29 Å². The lowest BCUT2D eigenvalue weighted by atomic mass is 9.84. The summed E-state index contributed by atoms with van der Waals surface area (Å²) < 4.78 is 32.9. The summed E-state index contributed by atoms with van der Waals surface area (Å²) in [5.41, 5.74) is 3.16. The summed E-state index contributed by atoms with van der Waals surface area (Å²) in [7, 11) is 0. The molecule has 1 saturated carbocycles. The fourth-order valence-corrected chi connectivity index (χ4v) is 5.75. The van der Waals surface area contributed by atoms with Crippen molar-refractivity contribution in [2.75, 3.05) is 0 Å². The Labute approximate surface area is 243 Å². The van der Waals surface area contributed by atoms with Crippen LogP contribution in [0, 0.1) is 5.92 Å². The molecule has 3 aromatic rings. The number of aliphatic hydroxyl groups excluding tert-OH is 1. The Hall–Kier alpha value is -2.84. The standard InChI is InChI=1S/C35H42O6/c1-3-29-20-13-21-30(36)32(29)41-35-34(39-24-28-18-11-6-12-19-28)33(38-23-27-16-9-5-10-17-27)31(25(2)40-35)37-22-26-14-7-4-8-15-26/h3-12,14-19,25,29-36H,1,13,20-24H2,2H3/t25-,29-,30-,31+,32-,33+,34-,35-/m1/s1. The van der Waals surface area contributed by atoms with Gasteiger partial charge >= 0.3 is 0 Å². The zero-order valence-electron chi connectivity index (χ0n) is 23.8. The molecule has 1 heterocycles. The van der Waals surface area contributed by atoms with Crippen LogP contribution < -0.4 is 0 Å². The van der Waals surface area contributed by atoms with E-state index in [1.54, 1.807) is 0 Å². The smallest absolute Gasteiger partial charge is 0.187 e. The fraction of sp³-hybridized carbons (Fsp3) is 0.429. The first-order chi connectivity index (χ1) is 20.1. The van der Waals surface area contributed by atoms with Gasteiger partial charge in [0.2, 0.25) is 0 Å². The maximum absolute atomic E-state index is 10.9. The van der Waals surface area contributed by atoms with Crippen LogP contribution in [0.2, 0.25) is 0 Å². The van der Waals surface area contributed by atoms with Gasteiger partial charge in [-0.25, -0.2) is 0 Å². The highest BCUT2D eigenvalue weighted by Gasteiger charge is 2.49. The van der Waals surface area contributed by atoms with Crippen molar-refractivity contribution in [3.63, 3.8) is 0 Å². The second-order valence-corrected chi connectivity index (χ2v) is 11.0. The third kappa shape index (κ3) is 7.92. The molecule has 0 spiro atoms. The second kappa shape index (κ2) is 14.9. The SMILES string of the molecule is C=C[C@@H]1CCC[C@@H](O)[C@@H]1O[C@H]1O[C@H](C)[C@H](OCc2ccccc2)[C@H](OCc2ccccc2)[C@H]1OCc1ccccc1. The Morgan fingerprint density at radius 1 is 0.707 bits per heavy atom. The maximum atomic E-state index is 10.9. The minimum absolute atomic E-state index is 0.0307. The highest BCUT2D eigenvalue weighted by molar-refractivity contribution is 5.15. The van der Waals surface area contributed by atoms with Gasteiger partial charge in [0.1, 0.15) is 18.3 Å². The summed E-state index contributed by atoms with van der Waals surface area (Å²) in [6, 6.07) is 30.2. The Bertz CT molecular complexity index is 1170. The summed E-state index contributed by atoms with van der Waals surface area (Å²) in [6.07, 6.45) is 0.786. The van der Waals surface area contributed by atoms with Crippen molar-refractivity contribution in [1.82, 2.24) is 0 Å². The molecule has 1 aliphatic carbocycles. The molecule has 0 amide bonds. The predicted molar refractivity (Wildman–Crippen MR) is 158 cm³/mol. The largest absolute Gasteiger partial charge is 0.390 e. The zero-order chi connectivity index (χ0) is 28.4. The van der Waals surface area contributed by atoms with Crippen LogP contribution in [0.3, 0.4) is 0 Å². The maximum Gasteiger partial charge on any atom is 0.187 e. The molecule has 0 bridgehead atoms. The Balaban J connectivity index is 1.42. The molecule has 6 nitrogen and oxygen atoms in total. The molecule has 8 atom stereocenters. The molecule has 1 saturated heterocycles. The molecule has 3 aromatic carbocycles. The van der Waals surface area contributed by atoms with Gasteiger partial charge in [-0.15, -0.1) is 6.58 Å². The zero-order valence-corrected chi connectivity index (χ0v) is 23.8. The van der Waals surface area contributed by atoms with E-state index >= 15 is 0 Å². The number of hydrogen-bond acceptors (Lipinski definition) is 6. The van der Waals surface area contributed by atoms with E-state index in [9.17, 15) is 5.11 Å². The van der Waals surface area contributed by atoms with Crippen molar-refractivity contribution >= 4 is 0 Å². The van der Waals surface area contributed by atoms with Crippen molar-refractivity contribution in [1.29, 1.82) is 0 Å². The molecule has 6 heteroatoms. The third-order valence-electron chi connectivity index (χ3n) is 8.02. The van der Waals surface area contributed by atoms with E-state index in [1.165, 1.54) is 0 Å². The topological polar surface area (TPSA) is 66.4 Å². The molecule has 2 fully saturated rings. The molecule has 0 radical (unpaired) electrons. The average molecular weight is 559 g/mol. The van der Waals surface area contributed by atoms with E-state index in [2.05, 4.69) is 6.58 Å². The third-order valence-corrected chi connectivity index (χ3v) is 8.02. The van der Waals surface area contributed by atoms with Crippen LogP contribution in [0.4, 0.5) is 0 Å². The minimum Gasteiger partial charge on any atom is -0.390 e. The van der Waals surface area contributed by atoms with Crippen molar-refractivity contribution in [3.05, 3.63) is 120 Å². The molecular weight excluding hydrogens is 516 g/mol. The minimum atomic E-state index is -0.758. The highest BCUT2D eigenvalue weighted by atomic mass is 16.7. The lowest BCUT2D eigenvalue weighted by Crippen LogP contribution is -2.61.